The minimum absolute atomic E-state index is 0.227. The van der Waals surface area contributed by atoms with E-state index in [0.717, 1.165) is 0 Å². The predicted molar refractivity (Wildman–Crippen MR) is 71.2 cm³/mol. The molecule has 5 heteroatoms. The summed E-state index contributed by atoms with van der Waals surface area (Å²) < 4.78 is 22.0. The summed E-state index contributed by atoms with van der Waals surface area (Å²) in [6.07, 6.45) is 0. The van der Waals surface area contributed by atoms with Gasteiger partial charge in [0.05, 0.1) is 0 Å². The van der Waals surface area contributed by atoms with Crippen LogP contribution in [0.5, 0.6) is 0 Å². The molecule has 19 heavy (non-hydrogen) atoms. The van der Waals surface area contributed by atoms with Gasteiger partial charge in [0.2, 0.25) is 10.7 Å². The van der Waals surface area contributed by atoms with Gasteiger partial charge in [-0.25, -0.2) is 8.42 Å². The fourth-order valence-electron chi connectivity index (χ4n) is 1.90. The lowest BCUT2D eigenvalue weighted by Gasteiger charge is -2.25. The monoisotopic (exact) mass is 276 g/mol. The average Bonchev–Trinajstić information content (AvgIpc) is 2.47. The predicted octanol–water partition coefficient (Wildman–Crippen LogP) is 1.06. The lowest BCUT2D eigenvalue weighted by atomic mass is 9.87. The highest BCUT2D eigenvalue weighted by molar-refractivity contribution is 7.89. The van der Waals surface area contributed by atoms with Crippen molar-refractivity contribution in [1.29, 1.82) is 0 Å². The third-order valence-corrected chi connectivity index (χ3v) is 3.51. The minimum Gasteiger partial charge on any atom is -0.372 e. The summed E-state index contributed by atoms with van der Waals surface area (Å²) >= 11 is 0. The molecule has 0 atom stereocenters. The number of carbonyl (C=O) groups excluding carboxylic acids is 1. The van der Waals surface area contributed by atoms with Crippen LogP contribution in [0.1, 0.15) is 11.1 Å². The van der Waals surface area contributed by atoms with Crippen molar-refractivity contribution in [2.24, 2.45) is 0 Å². The minimum atomic E-state index is -3.39. The molecule has 0 aliphatic rings. The summed E-state index contributed by atoms with van der Waals surface area (Å²) in [6.45, 7) is 0. The van der Waals surface area contributed by atoms with Gasteiger partial charge in [-0.3, -0.25) is 4.79 Å². The highest BCUT2D eigenvalue weighted by Gasteiger charge is 2.41. The van der Waals surface area contributed by atoms with Crippen LogP contribution in [0, 0.1) is 0 Å². The number of thiol groups is 1. The highest BCUT2D eigenvalue weighted by atomic mass is 32.2. The molecule has 0 heterocycles. The van der Waals surface area contributed by atoms with E-state index in [4.69, 9.17) is 0 Å². The van der Waals surface area contributed by atoms with Gasteiger partial charge in [-0.2, -0.15) is 0 Å². The van der Waals surface area contributed by atoms with E-state index in [1.807, 2.05) is 0 Å². The lowest BCUT2D eigenvalue weighted by Crippen LogP contribution is -2.37. The van der Waals surface area contributed by atoms with Gasteiger partial charge in [0, 0.05) is 0 Å². The maximum Gasteiger partial charge on any atom is 0.284 e. The van der Waals surface area contributed by atoms with E-state index in [0.29, 0.717) is 0 Å². The number of hydrogen-bond acceptors (Lipinski definition) is 4. The van der Waals surface area contributed by atoms with Crippen LogP contribution in [0.3, 0.4) is 0 Å². The van der Waals surface area contributed by atoms with Crippen LogP contribution >= 0.6 is 0 Å². The van der Waals surface area contributed by atoms with Gasteiger partial charge in [0.15, 0.2) is 5.60 Å². The van der Waals surface area contributed by atoms with E-state index in [-0.39, 0.29) is 11.1 Å². The third-order valence-electron chi connectivity index (χ3n) is 2.86. The second kappa shape index (κ2) is 5.34. The van der Waals surface area contributed by atoms with E-state index in [9.17, 15) is 18.3 Å². The normalized spacial score (nSPS) is 11.5. The van der Waals surface area contributed by atoms with Crippen molar-refractivity contribution in [3.05, 3.63) is 71.8 Å². The maximum atomic E-state index is 11.9. The molecular weight excluding hydrogens is 264 g/mol. The number of hydrogen-bond donors (Lipinski definition) is 2. The van der Waals surface area contributed by atoms with Crippen molar-refractivity contribution in [3.63, 3.8) is 0 Å². The number of aliphatic hydroxyl groups is 1. The number of rotatable bonds is 3. The Bertz CT molecular complexity index is 600. The van der Waals surface area contributed by atoms with Crippen LogP contribution < -0.4 is 0 Å². The SMILES string of the molecule is O=C([SH](=O)=O)C(O)(c1ccccc1)c1ccccc1. The van der Waals surface area contributed by atoms with Crippen LogP contribution in [-0.4, -0.2) is 18.6 Å². The Morgan fingerprint density at radius 1 is 0.842 bits per heavy atom. The smallest absolute Gasteiger partial charge is 0.284 e. The van der Waals surface area contributed by atoms with Gasteiger partial charge in [0.25, 0.3) is 5.12 Å². The molecular formula is C14H12O4S. The zero-order valence-corrected chi connectivity index (χ0v) is 10.8. The van der Waals surface area contributed by atoms with Crippen LogP contribution in [0.4, 0.5) is 0 Å². The van der Waals surface area contributed by atoms with Gasteiger partial charge in [0.1, 0.15) is 0 Å². The molecule has 0 amide bonds. The molecule has 0 aromatic heterocycles. The van der Waals surface area contributed by atoms with Crippen molar-refractivity contribution in [3.8, 4) is 0 Å². The van der Waals surface area contributed by atoms with Gasteiger partial charge in [-0.05, 0) is 11.1 Å². The van der Waals surface area contributed by atoms with Crippen LogP contribution in [0.2, 0.25) is 0 Å². The van der Waals surface area contributed by atoms with E-state index >= 15 is 0 Å². The van der Waals surface area contributed by atoms with Crippen molar-refractivity contribution in [2.75, 3.05) is 0 Å². The molecule has 0 aliphatic carbocycles. The molecule has 0 aliphatic heterocycles. The summed E-state index contributed by atoms with van der Waals surface area (Å²) in [7, 11) is -3.39. The molecule has 0 radical (unpaired) electrons. The van der Waals surface area contributed by atoms with Crippen LogP contribution in [-0.2, 0) is 21.1 Å². The van der Waals surface area contributed by atoms with E-state index in [1.165, 1.54) is 24.3 Å². The Morgan fingerprint density at radius 3 is 1.53 bits per heavy atom. The Kier molecular flexibility index (Phi) is 3.78. The molecule has 2 aromatic carbocycles. The van der Waals surface area contributed by atoms with Crippen LogP contribution in [0.15, 0.2) is 60.7 Å². The fourth-order valence-corrected chi connectivity index (χ4v) is 2.43. The third kappa shape index (κ3) is 2.43. The first-order valence-corrected chi connectivity index (χ1v) is 6.77. The summed E-state index contributed by atoms with van der Waals surface area (Å²) in [4.78, 5) is 11.9. The topological polar surface area (TPSA) is 71.4 Å². The van der Waals surface area contributed by atoms with Crippen molar-refractivity contribution in [1.82, 2.24) is 0 Å². The van der Waals surface area contributed by atoms with Gasteiger partial charge in [-0.1, -0.05) is 60.7 Å². The van der Waals surface area contributed by atoms with Crippen molar-refractivity contribution >= 4 is 15.8 Å². The zero-order chi connectivity index (χ0) is 13.9. The first kappa shape index (κ1) is 13.5. The number of carbonyl (C=O) groups is 1. The largest absolute Gasteiger partial charge is 0.372 e. The maximum absolute atomic E-state index is 11.9. The summed E-state index contributed by atoms with van der Waals surface area (Å²) in [5.74, 6) is 0. The van der Waals surface area contributed by atoms with E-state index in [1.54, 1.807) is 36.4 Å². The second-order valence-corrected chi connectivity index (χ2v) is 4.93. The Morgan fingerprint density at radius 2 is 1.21 bits per heavy atom. The molecule has 2 rings (SSSR count). The molecule has 0 fully saturated rings. The van der Waals surface area contributed by atoms with E-state index < -0.39 is 21.4 Å². The average molecular weight is 276 g/mol. The molecule has 98 valence electrons. The summed E-state index contributed by atoms with van der Waals surface area (Å²) in [5.41, 5.74) is -1.71. The highest BCUT2D eigenvalue weighted by Crippen LogP contribution is 2.30. The summed E-state index contributed by atoms with van der Waals surface area (Å²) in [5, 5.41) is 9.42. The quantitative estimate of drug-likeness (QED) is 0.822. The molecule has 0 unspecified atom stereocenters. The first-order chi connectivity index (χ1) is 9.06. The van der Waals surface area contributed by atoms with Gasteiger partial charge >= 0.3 is 0 Å². The molecule has 0 spiro atoms. The molecule has 1 N–H and O–H groups in total. The molecule has 0 saturated carbocycles. The second-order valence-electron chi connectivity index (χ2n) is 4.00. The van der Waals surface area contributed by atoms with Gasteiger partial charge in [-0.15, -0.1) is 0 Å². The Balaban J connectivity index is 2.68. The van der Waals surface area contributed by atoms with Crippen LogP contribution in [0.25, 0.3) is 0 Å². The lowest BCUT2D eigenvalue weighted by molar-refractivity contribution is -0.125. The standard InChI is InChI=1S/C14H12O4S/c15-13(19(17)18)14(16,11-7-3-1-4-8-11)12-9-5-2-6-10-12/h1-10,16,19H. The fraction of sp³-hybridized carbons (Fsp3) is 0.0714. The van der Waals surface area contributed by atoms with Crippen molar-refractivity contribution in [2.45, 2.75) is 5.60 Å². The Labute approximate surface area is 112 Å². The molecule has 0 saturated heterocycles. The molecule has 4 nitrogen and oxygen atoms in total. The number of benzene rings is 2. The first-order valence-electron chi connectivity index (χ1n) is 5.59. The van der Waals surface area contributed by atoms with E-state index in [2.05, 4.69) is 0 Å². The van der Waals surface area contributed by atoms with Gasteiger partial charge < -0.3 is 5.11 Å². The van der Waals surface area contributed by atoms with Crippen molar-refractivity contribution < 1.29 is 18.3 Å². The molecule has 0 bridgehead atoms. The summed E-state index contributed by atoms with van der Waals surface area (Å²) in [6, 6.07) is 16.0. The zero-order valence-electron chi connectivity index (χ0n) is 9.89. The molecule has 2 aromatic rings. The Hall–Kier alpha value is -1.98.